The van der Waals surface area contributed by atoms with Crippen molar-refractivity contribution in [1.29, 1.82) is 0 Å². The van der Waals surface area contributed by atoms with Crippen LogP contribution in [0.2, 0.25) is 0 Å². The molecule has 35 heavy (non-hydrogen) atoms. The number of aromatic nitrogens is 1. The van der Waals surface area contributed by atoms with E-state index in [4.69, 9.17) is 0 Å². The lowest BCUT2D eigenvalue weighted by Gasteiger charge is -2.28. The van der Waals surface area contributed by atoms with Crippen LogP contribution in [-0.4, -0.2) is 49.0 Å². The molecule has 1 amide bonds. The van der Waals surface area contributed by atoms with Crippen LogP contribution >= 0.6 is 0 Å². The van der Waals surface area contributed by atoms with Crippen molar-refractivity contribution >= 4 is 21.6 Å². The van der Waals surface area contributed by atoms with Crippen LogP contribution in [0.25, 0.3) is 0 Å². The zero-order chi connectivity index (χ0) is 25.6. The third-order valence-corrected chi connectivity index (χ3v) is 7.50. The Morgan fingerprint density at radius 3 is 2.17 bits per heavy atom. The van der Waals surface area contributed by atoms with Gasteiger partial charge in [-0.1, -0.05) is 56.7 Å². The Hall–Kier alpha value is -3.23. The van der Waals surface area contributed by atoms with Gasteiger partial charge in [0, 0.05) is 12.7 Å². The highest BCUT2D eigenvalue weighted by Crippen LogP contribution is 2.27. The van der Waals surface area contributed by atoms with Gasteiger partial charge in [0.2, 0.25) is 5.91 Å². The zero-order valence-corrected chi connectivity index (χ0v) is 21.5. The van der Waals surface area contributed by atoms with Crippen LogP contribution in [-0.2, 0) is 26.8 Å². The van der Waals surface area contributed by atoms with Gasteiger partial charge >= 0.3 is 0 Å². The molecule has 186 valence electrons. The summed E-state index contributed by atoms with van der Waals surface area (Å²) in [4.78, 5) is 19.1. The highest BCUT2D eigenvalue weighted by Gasteiger charge is 2.29. The molecule has 2 aromatic carbocycles. The molecule has 1 aromatic heterocycles. The van der Waals surface area contributed by atoms with Gasteiger partial charge < -0.3 is 10.0 Å². The Labute approximate surface area is 208 Å². The Morgan fingerprint density at radius 2 is 1.63 bits per heavy atom. The summed E-state index contributed by atoms with van der Waals surface area (Å²) >= 11 is 0. The lowest BCUT2D eigenvalue weighted by atomic mass is 9.87. The van der Waals surface area contributed by atoms with E-state index in [0.29, 0.717) is 11.4 Å². The first-order valence-corrected chi connectivity index (χ1v) is 12.9. The first-order valence-electron chi connectivity index (χ1n) is 11.5. The van der Waals surface area contributed by atoms with Crippen LogP contribution in [0, 0.1) is 6.92 Å². The molecule has 0 bridgehead atoms. The number of benzene rings is 2. The van der Waals surface area contributed by atoms with Crippen LogP contribution in [0.1, 0.15) is 37.6 Å². The quantitative estimate of drug-likeness (QED) is 0.486. The van der Waals surface area contributed by atoms with Gasteiger partial charge in [-0.15, -0.1) is 0 Å². The summed E-state index contributed by atoms with van der Waals surface area (Å²) in [5.74, 6) is -0.430. The van der Waals surface area contributed by atoms with Gasteiger partial charge in [0.1, 0.15) is 6.54 Å². The van der Waals surface area contributed by atoms with Crippen molar-refractivity contribution in [2.75, 3.05) is 24.0 Å². The number of sulfonamides is 1. The fourth-order valence-corrected chi connectivity index (χ4v) is 5.02. The number of hydrogen-bond acceptors (Lipinski definition) is 5. The number of amides is 1. The molecule has 1 heterocycles. The van der Waals surface area contributed by atoms with E-state index in [1.54, 1.807) is 54.7 Å². The largest absolute Gasteiger partial charge is 0.395 e. The van der Waals surface area contributed by atoms with Crippen molar-refractivity contribution in [3.05, 3.63) is 89.7 Å². The summed E-state index contributed by atoms with van der Waals surface area (Å²) in [5.41, 5.74) is 2.91. The highest BCUT2D eigenvalue weighted by molar-refractivity contribution is 7.92. The molecule has 0 aliphatic carbocycles. The summed E-state index contributed by atoms with van der Waals surface area (Å²) < 4.78 is 28.6. The van der Waals surface area contributed by atoms with Crippen LogP contribution in [0.4, 0.5) is 5.69 Å². The van der Waals surface area contributed by atoms with Crippen molar-refractivity contribution < 1.29 is 18.3 Å². The number of aryl methyl sites for hydroxylation is 1. The molecule has 0 fully saturated rings. The second-order valence-electron chi connectivity index (χ2n) is 9.48. The predicted octanol–water partition coefficient (Wildman–Crippen LogP) is 3.90. The number of rotatable bonds is 9. The topological polar surface area (TPSA) is 90.8 Å². The SMILES string of the molecule is Cc1ccc(N(CC(=O)N(CCO)Cc2ccccn2)S(=O)(=O)c2ccc(C(C)(C)C)cc2)cc1. The molecular weight excluding hydrogens is 462 g/mol. The first kappa shape index (κ1) is 26.4. The third kappa shape index (κ3) is 6.68. The number of hydrogen-bond donors (Lipinski definition) is 1. The van der Waals surface area contributed by atoms with E-state index in [0.717, 1.165) is 15.4 Å². The van der Waals surface area contributed by atoms with Crippen molar-refractivity contribution in [3.8, 4) is 0 Å². The monoisotopic (exact) mass is 495 g/mol. The van der Waals surface area contributed by atoms with Gasteiger partial charge in [0.15, 0.2) is 0 Å². The minimum atomic E-state index is -4.04. The van der Waals surface area contributed by atoms with E-state index in [9.17, 15) is 18.3 Å². The Bertz CT molecular complexity index is 1220. The van der Waals surface area contributed by atoms with E-state index in [-0.39, 0.29) is 30.0 Å². The second kappa shape index (κ2) is 11.0. The average Bonchev–Trinajstić information content (AvgIpc) is 2.83. The van der Waals surface area contributed by atoms with Gasteiger partial charge in [-0.3, -0.25) is 14.1 Å². The first-order chi connectivity index (χ1) is 16.5. The van der Waals surface area contributed by atoms with E-state index in [1.165, 1.54) is 4.90 Å². The van der Waals surface area contributed by atoms with Gasteiger partial charge in [-0.25, -0.2) is 8.42 Å². The van der Waals surface area contributed by atoms with Gasteiger partial charge in [-0.2, -0.15) is 0 Å². The van der Waals surface area contributed by atoms with E-state index < -0.39 is 22.5 Å². The van der Waals surface area contributed by atoms with Crippen molar-refractivity contribution in [3.63, 3.8) is 0 Å². The number of aliphatic hydroxyl groups is 1. The Morgan fingerprint density at radius 1 is 0.971 bits per heavy atom. The fourth-order valence-electron chi connectivity index (χ4n) is 3.60. The summed E-state index contributed by atoms with van der Waals surface area (Å²) in [7, 11) is -4.04. The molecule has 1 N–H and O–H groups in total. The van der Waals surface area contributed by atoms with Crippen LogP contribution < -0.4 is 4.31 Å². The minimum absolute atomic E-state index is 0.0669. The third-order valence-electron chi connectivity index (χ3n) is 5.71. The average molecular weight is 496 g/mol. The maximum absolute atomic E-state index is 13.7. The van der Waals surface area contributed by atoms with Crippen molar-refractivity contribution in [1.82, 2.24) is 9.88 Å². The zero-order valence-electron chi connectivity index (χ0n) is 20.7. The number of nitrogens with zero attached hydrogens (tertiary/aromatic N) is 3. The highest BCUT2D eigenvalue weighted by atomic mass is 32.2. The molecule has 0 aliphatic rings. The Kier molecular flexibility index (Phi) is 8.30. The number of carbonyl (C=O) groups excluding carboxylic acids is 1. The second-order valence-corrected chi connectivity index (χ2v) is 11.3. The minimum Gasteiger partial charge on any atom is -0.395 e. The number of aliphatic hydroxyl groups excluding tert-OH is 1. The molecule has 0 atom stereocenters. The number of anilines is 1. The molecule has 3 aromatic rings. The standard InChI is InChI=1S/C27H33N3O4S/c1-21-8-12-24(13-9-21)30(35(33,34)25-14-10-22(11-15-25)27(2,3)4)20-26(32)29(17-18-31)19-23-7-5-6-16-28-23/h5-16,31H,17-20H2,1-4H3. The molecule has 3 rings (SSSR count). The number of carbonyl (C=O) groups is 1. The van der Waals surface area contributed by atoms with E-state index in [1.807, 2.05) is 25.1 Å². The van der Waals surface area contributed by atoms with Crippen molar-refractivity contribution in [2.45, 2.75) is 44.6 Å². The number of pyridine rings is 1. The van der Waals surface area contributed by atoms with Crippen molar-refractivity contribution in [2.24, 2.45) is 0 Å². The molecule has 0 radical (unpaired) electrons. The summed E-state index contributed by atoms with van der Waals surface area (Å²) in [6.45, 7) is 7.68. The lowest BCUT2D eigenvalue weighted by Crippen LogP contribution is -2.43. The molecule has 8 heteroatoms. The molecule has 0 saturated carbocycles. The molecule has 0 aliphatic heterocycles. The van der Waals surface area contributed by atoms with E-state index >= 15 is 0 Å². The normalized spacial score (nSPS) is 11.8. The molecule has 7 nitrogen and oxygen atoms in total. The van der Waals surface area contributed by atoms with E-state index in [2.05, 4.69) is 25.8 Å². The predicted molar refractivity (Wildman–Crippen MR) is 138 cm³/mol. The Balaban J connectivity index is 1.96. The van der Waals surface area contributed by atoms with Gasteiger partial charge in [0.05, 0.1) is 29.4 Å². The lowest BCUT2D eigenvalue weighted by molar-refractivity contribution is -0.130. The molecule has 0 saturated heterocycles. The summed E-state index contributed by atoms with van der Waals surface area (Å²) in [6.07, 6.45) is 1.63. The van der Waals surface area contributed by atoms with Crippen LogP contribution in [0.3, 0.4) is 0 Å². The van der Waals surface area contributed by atoms with Crippen LogP contribution in [0.15, 0.2) is 77.8 Å². The maximum Gasteiger partial charge on any atom is 0.264 e. The molecule has 0 spiro atoms. The maximum atomic E-state index is 13.7. The van der Waals surface area contributed by atoms with Crippen LogP contribution in [0.5, 0.6) is 0 Å². The molecule has 0 unspecified atom stereocenters. The summed E-state index contributed by atoms with van der Waals surface area (Å²) in [6, 6.07) is 19.2. The van der Waals surface area contributed by atoms with Gasteiger partial charge in [-0.05, 0) is 54.3 Å². The fraction of sp³-hybridized carbons (Fsp3) is 0.333. The smallest absolute Gasteiger partial charge is 0.264 e. The van der Waals surface area contributed by atoms with Gasteiger partial charge in [0.25, 0.3) is 10.0 Å². The molecular formula is C27H33N3O4S. The summed E-state index contributed by atoms with van der Waals surface area (Å²) in [5, 5.41) is 9.53.